The van der Waals surface area contributed by atoms with Crippen LogP contribution in [0.3, 0.4) is 0 Å². The Hall–Kier alpha value is -0.940. The highest BCUT2D eigenvalue weighted by molar-refractivity contribution is 7.15. The van der Waals surface area contributed by atoms with E-state index in [1.165, 1.54) is 16.2 Å². The molecule has 1 heterocycles. The van der Waals surface area contributed by atoms with Gasteiger partial charge in [0.2, 0.25) is 5.91 Å². The zero-order valence-corrected chi connectivity index (χ0v) is 9.93. The molecule has 15 heavy (non-hydrogen) atoms. The number of amides is 1. The summed E-state index contributed by atoms with van der Waals surface area (Å²) in [7, 11) is 0. The number of nitrogens with one attached hydrogen (secondary N) is 1. The van der Waals surface area contributed by atoms with Gasteiger partial charge < -0.3 is 11.1 Å². The predicted octanol–water partition coefficient (Wildman–Crippen LogP) is 1.94. The van der Waals surface area contributed by atoms with E-state index in [9.17, 15) is 4.79 Å². The molecule has 1 aromatic heterocycles. The normalized spacial score (nSPS) is 10.7. The third-order valence-corrected chi connectivity index (χ3v) is 3.16. The van der Waals surface area contributed by atoms with E-state index < -0.39 is 0 Å². The van der Waals surface area contributed by atoms with Crippen molar-refractivity contribution in [3.05, 3.63) is 11.1 Å². The van der Waals surface area contributed by atoms with E-state index in [-0.39, 0.29) is 5.91 Å². The van der Waals surface area contributed by atoms with E-state index in [2.05, 4.69) is 24.1 Å². The van der Waals surface area contributed by atoms with Gasteiger partial charge in [-0.05, 0) is 18.9 Å². The van der Waals surface area contributed by atoms with Crippen molar-refractivity contribution in [3.63, 3.8) is 0 Å². The molecule has 1 rings (SSSR count). The number of aromatic nitrogens is 1. The molecular formula is C10H17N3OS. The van der Waals surface area contributed by atoms with Crippen LogP contribution in [0.1, 0.15) is 37.5 Å². The fraction of sp³-hybridized carbons (Fsp3) is 0.600. The minimum absolute atomic E-state index is 0.00916. The van der Waals surface area contributed by atoms with E-state index in [0.29, 0.717) is 30.4 Å². The largest absolute Gasteiger partial charge is 0.330 e. The summed E-state index contributed by atoms with van der Waals surface area (Å²) in [6.07, 6.45) is 3.00. The fourth-order valence-corrected chi connectivity index (χ4v) is 1.89. The van der Waals surface area contributed by atoms with Crippen molar-refractivity contribution in [2.45, 2.75) is 32.6 Å². The highest BCUT2D eigenvalue weighted by atomic mass is 32.1. The summed E-state index contributed by atoms with van der Waals surface area (Å²) in [5.41, 5.74) is 5.32. The Kier molecular flexibility index (Phi) is 4.71. The van der Waals surface area contributed by atoms with Gasteiger partial charge in [-0.1, -0.05) is 13.8 Å². The van der Waals surface area contributed by atoms with E-state index >= 15 is 0 Å². The Morgan fingerprint density at radius 3 is 2.93 bits per heavy atom. The maximum absolute atomic E-state index is 11.4. The van der Waals surface area contributed by atoms with Crippen LogP contribution in [0, 0.1) is 0 Å². The van der Waals surface area contributed by atoms with Crippen molar-refractivity contribution >= 4 is 22.4 Å². The second-order valence-electron chi connectivity index (χ2n) is 3.66. The first-order chi connectivity index (χ1) is 7.13. The molecule has 0 unspecified atom stereocenters. The van der Waals surface area contributed by atoms with Crippen LogP contribution in [-0.4, -0.2) is 17.4 Å². The van der Waals surface area contributed by atoms with Crippen LogP contribution in [0.15, 0.2) is 6.20 Å². The van der Waals surface area contributed by atoms with Gasteiger partial charge in [-0.15, -0.1) is 11.3 Å². The van der Waals surface area contributed by atoms with Gasteiger partial charge in [-0.3, -0.25) is 4.79 Å². The molecule has 5 heteroatoms. The van der Waals surface area contributed by atoms with Gasteiger partial charge in [-0.2, -0.15) is 0 Å². The molecule has 4 nitrogen and oxygen atoms in total. The summed E-state index contributed by atoms with van der Waals surface area (Å²) in [4.78, 5) is 16.7. The smallest absolute Gasteiger partial charge is 0.226 e. The average molecular weight is 227 g/mol. The highest BCUT2D eigenvalue weighted by Gasteiger charge is 2.07. The fourth-order valence-electron chi connectivity index (χ4n) is 1.06. The molecule has 0 aliphatic carbocycles. The molecular weight excluding hydrogens is 210 g/mol. The first-order valence-corrected chi connectivity index (χ1v) is 5.90. The van der Waals surface area contributed by atoms with Crippen molar-refractivity contribution < 1.29 is 4.79 Å². The standard InChI is InChI=1S/C10H17N3OS/c1-7(2)8-6-12-10(15-8)13-9(14)4-3-5-11/h6-7H,3-5,11H2,1-2H3,(H,12,13,14). The number of hydrogen-bond donors (Lipinski definition) is 2. The Balaban J connectivity index is 2.46. The number of thiazole rings is 1. The molecule has 0 saturated carbocycles. The maximum Gasteiger partial charge on any atom is 0.226 e. The van der Waals surface area contributed by atoms with Crippen molar-refractivity contribution in [1.29, 1.82) is 0 Å². The molecule has 0 fully saturated rings. The van der Waals surface area contributed by atoms with Gasteiger partial charge in [0, 0.05) is 17.5 Å². The van der Waals surface area contributed by atoms with Crippen LogP contribution in [0.2, 0.25) is 0 Å². The molecule has 84 valence electrons. The van der Waals surface area contributed by atoms with Crippen LogP contribution in [-0.2, 0) is 4.79 Å². The van der Waals surface area contributed by atoms with Gasteiger partial charge in [0.15, 0.2) is 5.13 Å². The van der Waals surface area contributed by atoms with Crippen LogP contribution in [0.4, 0.5) is 5.13 Å². The number of carbonyl (C=O) groups is 1. The van der Waals surface area contributed by atoms with Crippen molar-refractivity contribution in [2.24, 2.45) is 5.73 Å². The molecule has 0 saturated heterocycles. The third kappa shape index (κ3) is 3.97. The summed E-state index contributed by atoms with van der Waals surface area (Å²) >= 11 is 1.53. The zero-order chi connectivity index (χ0) is 11.3. The summed E-state index contributed by atoms with van der Waals surface area (Å²) in [5.74, 6) is 0.447. The first-order valence-electron chi connectivity index (χ1n) is 5.09. The Bertz CT molecular complexity index is 322. The number of carbonyl (C=O) groups excluding carboxylic acids is 1. The van der Waals surface area contributed by atoms with E-state index in [4.69, 9.17) is 5.73 Å². The molecule has 0 atom stereocenters. The molecule has 0 aliphatic rings. The Morgan fingerprint density at radius 2 is 2.40 bits per heavy atom. The monoisotopic (exact) mass is 227 g/mol. The van der Waals surface area contributed by atoms with E-state index in [1.807, 2.05) is 6.20 Å². The second-order valence-corrected chi connectivity index (χ2v) is 4.73. The predicted molar refractivity (Wildman–Crippen MR) is 63.1 cm³/mol. The molecule has 0 bridgehead atoms. The molecule has 1 aromatic rings. The summed E-state index contributed by atoms with van der Waals surface area (Å²) in [6, 6.07) is 0. The Labute approximate surface area is 93.9 Å². The second kappa shape index (κ2) is 5.82. The van der Waals surface area contributed by atoms with E-state index in [0.717, 1.165) is 0 Å². The molecule has 0 aromatic carbocycles. The van der Waals surface area contributed by atoms with Gasteiger partial charge in [-0.25, -0.2) is 4.98 Å². The third-order valence-electron chi connectivity index (χ3n) is 1.95. The minimum atomic E-state index is -0.00916. The van der Waals surface area contributed by atoms with Crippen molar-refractivity contribution in [1.82, 2.24) is 4.98 Å². The number of hydrogen-bond acceptors (Lipinski definition) is 4. The maximum atomic E-state index is 11.4. The summed E-state index contributed by atoms with van der Waals surface area (Å²) in [6.45, 7) is 4.75. The number of anilines is 1. The topological polar surface area (TPSA) is 68.0 Å². The highest BCUT2D eigenvalue weighted by Crippen LogP contribution is 2.25. The van der Waals surface area contributed by atoms with Gasteiger partial charge in [0.1, 0.15) is 0 Å². The first kappa shape index (κ1) is 12.1. The zero-order valence-electron chi connectivity index (χ0n) is 9.12. The van der Waals surface area contributed by atoms with Crippen LogP contribution in [0.5, 0.6) is 0 Å². The molecule has 0 spiro atoms. The van der Waals surface area contributed by atoms with Gasteiger partial charge in [0.05, 0.1) is 0 Å². The van der Waals surface area contributed by atoms with Crippen LogP contribution in [0.25, 0.3) is 0 Å². The van der Waals surface area contributed by atoms with Crippen molar-refractivity contribution in [3.8, 4) is 0 Å². The molecule has 1 amide bonds. The van der Waals surface area contributed by atoms with Gasteiger partial charge in [0.25, 0.3) is 0 Å². The van der Waals surface area contributed by atoms with Gasteiger partial charge >= 0.3 is 0 Å². The summed E-state index contributed by atoms with van der Waals surface area (Å²) in [5, 5.41) is 3.45. The lowest BCUT2D eigenvalue weighted by atomic mass is 10.2. The van der Waals surface area contributed by atoms with Crippen molar-refractivity contribution in [2.75, 3.05) is 11.9 Å². The lowest BCUT2D eigenvalue weighted by Crippen LogP contribution is -2.13. The SMILES string of the molecule is CC(C)c1cnc(NC(=O)CCCN)s1. The molecule has 0 aliphatic heterocycles. The van der Waals surface area contributed by atoms with E-state index in [1.54, 1.807) is 0 Å². The number of nitrogens with two attached hydrogens (primary N) is 1. The lowest BCUT2D eigenvalue weighted by molar-refractivity contribution is -0.116. The lowest BCUT2D eigenvalue weighted by Gasteiger charge is -2.00. The molecule has 0 radical (unpaired) electrons. The Morgan fingerprint density at radius 1 is 1.67 bits per heavy atom. The number of rotatable bonds is 5. The van der Waals surface area contributed by atoms with Crippen LogP contribution < -0.4 is 11.1 Å². The molecule has 3 N–H and O–H groups in total. The summed E-state index contributed by atoms with van der Waals surface area (Å²) < 4.78 is 0. The number of nitrogens with zero attached hydrogens (tertiary/aromatic N) is 1. The minimum Gasteiger partial charge on any atom is -0.330 e. The average Bonchev–Trinajstić information content (AvgIpc) is 2.63. The quantitative estimate of drug-likeness (QED) is 0.807. The van der Waals surface area contributed by atoms with Crippen LogP contribution >= 0.6 is 11.3 Å².